The Hall–Kier alpha value is -3.62. The molecule has 1 saturated heterocycles. The van der Waals surface area contributed by atoms with Crippen molar-refractivity contribution in [1.82, 2.24) is 4.90 Å². The number of azo groups is 2. The van der Waals surface area contributed by atoms with Crippen molar-refractivity contribution in [3.63, 3.8) is 0 Å². The van der Waals surface area contributed by atoms with Crippen molar-refractivity contribution in [2.75, 3.05) is 36.0 Å². The Labute approximate surface area is 178 Å². The molecule has 0 N–H and O–H groups in total. The maximum atomic E-state index is 13.3. The van der Waals surface area contributed by atoms with Crippen molar-refractivity contribution in [3.8, 4) is 0 Å². The predicted molar refractivity (Wildman–Crippen MR) is 109 cm³/mol. The number of hydrogen-bond acceptors (Lipinski definition) is 5. The lowest BCUT2D eigenvalue weighted by Crippen LogP contribution is -2.53. The second-order valence-electron chi connectivity index (χ2n) is 7.77. The van der Waals surface area contributed by atoms with Crippen molar-refractivity contribution >= 4 is 29.1 Å². The number of para-hydroxylation sites is 1. The normalized spacial score (nSPS) is 20.5. The Morgan fingerprint density at radius 1 is 1.03 bits per heavy atom. The van der Waals surface area contributed by atoms with Crippen LogP contribution in [0.15, 0.2) is 53.6 Å². The fraction of sp³-hybridized carbons (Fsp3) is 0.318. The van der Waals surface area contributed by atoms with Gasteiger partial charge in [0.15, 0.2) is 0 Å². The van der Waals surface area contributed by atoms with Gasteiger partial charge in [-0.2, -0.15) is 0 Å². The van der Waals surface area contributed by atoms with E-state index in [1.165, 1.54) is 17.0 Å². The Kier molecular flexibility index (Phi) is 4.72. The third-order valence-electron chi connectivity index (χ3n) is 5.91. The Morgan fingerprint density at radius 2 is 1.77 bits per heavy atom. The first-order chi connectivity index (χ1) is 15.0. The number of halogens is 1. The summed E-state index contributed by atoms with van der Waals surface area (Å²) in [5.74, 6) is -2.13. The monoisotopic (exact) mass is 422 g/mol. The zero-order valence-corrected chi connectivity index (χ0v) is 16.8. The Balaban J connectivity index is 1.42. The van der Waals surface area contributed by atoms with E-state index in [2.05, 4.69) is 5.11 Å². The van der Waals surface area contributed by atoms with Crippen molar-refractivity contribution in [3.05, 3.63) is 59.9 Å². The molecule has 0 saturated carbocycles. The van der Waals surface area contributed by atoms with Gasteiger partial charge in [-0.1, -0.05) is 18.2 Å². The molecule has 9 heteroatoms. The SMILES string of the molecule is O=C(C[N+]1=NC2N(CCN2c2ccc(F)cc2)C(=O)C1=O)N1CCCc2ccccc21. The van der Waals surface area contributed by atoms with Crippen LogP contribution in [0.5, 0.6) is 0 Å². The molecule has 158 valence electrons. The van der Waals surface area contributed by atoms with Crippen LogP contribution in [-0.4, -0.2) is 59.8 Å². The minimum Gasteiger partial charge on any atom is -0.326 e. The highest BCUT2D eigenvalue weighted by atomic mass is 19.1. The van der Waals surface area contributed by atoms with Crippen molar-refractivity contribution < 1.29 is 23.5 Å². The summed E-state index contributed by atoms with van der Waals surface area (Å²) in [6.07, 6.45) is 0.994. The fourth-order valence-electron chi connectivity index (χ4n) is 4.37. The Bertz CT molecular complexity index is 1100. The molecule has 0 aliphatic carbocycles. The van der Waals surface area contributed by atoms with Gasteiger partial charge in [-0.25, -0.2) is 9.18 Å². The molecule has 3 aliphatic rings. The number of benzene rings is 2. The molecule has 31 heavy (non-hydrogen) atoms. The second kappa shape index (κ2) is 7.57. The van der Waals surface area contributed by atoms with E-state index < -0.39 is 18.1 Å². The van der Waals surface area contributed by atoms with E-state index in [1.807, 2.05) is 29.2 Å². The van der Waals surface area contributed by atoms with E-state index in [0.29, 0.717) is 25.3 Å². The molecule has 2 aromatic rings. The third kappa shape index (κ3) is 3.35. The highest BCUT2D eigenvalue weighted by Gasteiger charge is 2.50. The largest absolute Gasteiger partial charge is 0.502 e. The molecule has 0 spiro atoms. The van der Waals surface area contributed by atoms with E-state index in [0.717, 1.165) is 28.8 Å². The number of anilines is 2. The molecule has 5 rings (SSSR count). The van der Waals surface area contributed by atoms with Gasteiger partial charge in [-0.3, -0.25) is 14.5 Å². The molecule has 0 bridgehead atoms. The van der Waals surface area contributed by atoms with Gasteiger partial charge in [0, 0.05) is 36.1 Å². The minimum absolute atomic E-state index is 0.281. The lowest BCUT2D eigenvalue weighted by Gasteiger charge is -2.29. The molecule has 2 aromatic carbocycles. The van der Waals surface area contributed by atoms with Gasteiger partial charge in [-0.15, -0.1) is 0 Å². The zero-order valence-electron chi connectivity index (χ0n) is 16.8. The number of carbonyl (C=O) groups excluding carboxylic acids is 3. The van der Waals surface area contributed by atoms with E-state index in [9.17, 15) is 18.8 Å². The number of hydrogen-bond donors (Lipinski definition) is 0. The Morgan fingerprint density at radius 3 is 2.58 bits per heavy atom. The summed E-state index contributed by atoms with van der Waals surface area (Å²) in [6, 6.07) is 13.6. The van der Waals surface area contributed by atoms with Crippen LogP contribution in [0, 0.1) is 5.82 Å². The molecule has 1 unspecified atom stereocenters. The first-order valence-electron chi connectivity index (χ1n) is 10.3. The second-order valence-corrected chi connectivity index (χ2v) is 7.77. The van der Waals surface area contributed by atoms with E-state index in [1.54, 1.807) is 17.0 Å². The summed E-state index contributed by atoms with van der Waals surface area (Å²) in [7, 11) is 0. The molecule has 0 radical (unpaired) electrons. The molecule has 8 nitrogen and oxygen atoms in total. The summed E-state index contributed by atoms with van der Waals surface area (Å²) in [6.45, 7) is 1.04. The summed E-state index contributed by atoms with van der Waals surface area (Å²) >= 11 is 0. The highest BCUT2D eigenvalue weighted by Crippen LogP contribution is 2.29. The van der Waals surface area contributed by atoms with E-state index in [4.69, 9.17) is 0 Å². The number of carbonyl (C=O) groups is 3. The van der Waals surface area contributed by atoms with Crippen molar-refractivity contribution in [1.29, 1.82) is 0 Å². The lowest BCUT2D eigenvalue weighted by molar-refractivity contribution is -0.509. The number of fused-ring (bicyclic) bond motifs is 2. The molecule has 1 atom stereocenters. The maximum absolute atomic E-state index is 13.3. The van der Waals surface area contributed by atoms with Gasteiger partial charge >= 0.3 is 11.8 Å². The molecule has 3 heterocycles. The fourth-order valence-corrected chi connectivity index (χ4v) is 4.37. The maximum Gasteiger partial charge on any atom is 0.502 e. The quantitative estimate of drug-likeness (QED) is 0.558. The van der Waals surface area contributed by atoms with Gasteiger partial charge < -0.3 is 9.80 Å². The van der Waals surface area contributed by atoms with Crippen molar-refractivity contribution in [2.45, 2.75) is 19.1 Å². The molecule has 3 amide bonds. The van der Waals surface area contributed by atoms with Crippen LogP contribution in [0.2, 0.25) is 0 Å². The first-order valence-corrected chi connectivity index (χ1v) is 10.3. The minimum atomic E-state index is -0.809. The van der Waals surface area contributed by atoms with Crippen LogP contribution in [0.4, 0.5) is 15.8 Å². The first kappa shape index (κ1) is 19.3. The molecular formula is C22H21FN5O3+. The lowest BCUT2D eigenvalue weighted by atomic mass is 10.0. The topological polar surface area (TPSA) is 76.3 Å². The standard InChI is InChI=1S/C22H21FN5O3/c23-16-7-9-17(10-8-16)25-12-13-27-20(30)21(31)28(24-22(25)27)14-19(29)26-11-3-5-15-4-1-2-6-18(15)26/h1-2,4,6-10,22H,3,5,11-14H2/q+1. The molecule has 3 aliphatic heterocycles. The van der Waals surface area contributed by atoms with E-state index >= 15 is 0 Å². The average molecular weight is 422 g/mol. The molecule has 1 fully saturated rings. The van der Waals surface area contributed by atoms with Crippen LogP contribution >= 0.6 is 0 Å². The van der Waals surface area contributed by atoms with Gasteiger partial charge in [0.05, 0.1) is 0 Å². The summed E-state index contributed by atoms with van der Waals surface area (Å²) in [5, 5.41) is 4.42. The van der Waals surface area contributed by atoms with Crippen LogP contribution in [0.3, 0.4) is 0 Å². The highest BCUT2D eigenvalue weighted by molar-refractivity contribution is 6.32. The van der Waals surface area contributed by atoms with Crippen LogP contribution in [0.1, 0.15) is 12.0 Å². The summed E-state index contributed by atoms with van der Waals surface area (Å²) < 4.78 is 14.3. The summed E-state index contributed by atoms with van der Waals surface area (Å²) in [4.78, 5) is 43.2. The van der Waals surface area contributed by atoms with Crippen LogP contribution in [-0.2, 0) is 20.8 Å². The summed E-state index contributed by atoms with van der Waals surface area (Å²) in [5.41, 5.74) is 2.62. The van der Waals surface area contributed by atoms with Gasteiger partial charge in [0.2, 0.25) is 0 Å². The number of rotatable bonds is 3. The van der Waals surface area contributed by atoms with Gasteiger partial charge in [-0.05, 0) is 53.4 Å². The number of amides is 3. The predicted octanol–water partition coefficient (Wildman–Crippen LogP) is 1.74. The number of nitrogens with zero attached hydrogens (tertiary/aromatic N) is 5. The average Bonchev–Trinajstić information content (AvgIpc) is 3.21. The van der Waals surface area contributed by atoms with E-state index in [-0.39, 0.29) is 18.3 Å². The smallest absolute Gasteiger partial charge is 0.326 e. The number of aryl methyl sites for hydroxylation is 1. The van der Waals surface area contributed by atoms with Crippen molar-refractivity contribution in [2.24, 2.45) is 5.11 Å². The van der Waals surface area contributed by atoms with Gasteiger partial charge in [0.1, 0.15) is 5.82 Å². The molecule has 0 aromatic heterocycles. The van der Waals surface area contributed by atoms with Gasteiger partial charge in [0.25, 0.3) is 18.7 Å². The third-order valence-corrected chi connectivity index (χ3v) is 5.91. The van der Waals surface area contributed by atoms with Crippen LogP contribution in [0.25, 0.3) is 0 Å². The molecular weight excluding hydrogens is 401 g/mol. The zero-order chi connectivity index (χ0) is 21.5. The van der Waals surface area contributed by atoms with Crippen LogP contribution < -0.4 is 9.80 Å².